The maximum absolute atomic E-state index is 14.2. The minimum atomic E-state index is -4.61. The largest absolute Gasteiger partial charge is 0.278 e. The maximum Gasteiger partial charge on any atom is 0.267 e. The minimum Gasteiger partial charge on any atom is -0.278 e. The van der Waals surface area contributed by atoms with Gasteiger partial charge in [-0.3, -0.25) is 4.72 Å². The highest BCUT2D eigenvalue weighted by atomic mass is 35.5. The van der Waals surface area contributed by atoms with Crippen molar-refractivity contribution in [1.82, 2.24) is 15.0 Å². The molecule has 0 atom stereocenters. The Labute approximate surface area is 214 Å². The summed E-state index contributed by atoms with van der Waals surface area (Å²) in [6.45, 7) is 0. The maximum atomic E-state index is 14.2. The van der Waals surface area contributed by atoms with Gasteiger partial charge in [0.2, 0.25) is 5.28 Å². The van der Waals surface area contributed by atoms with Gasteiger partial charge in [-0.05, 0) is 48.7 Å². The van der Waals surface area contributed by atoms with Crippen molar-refractivity contribution >= 4 is 50.2 Å². The van der Waals surface area contributed by atoms with Crippen molar-refractivity contribution in [2.24, 2.45) is 0 Å². The quantitative estimate of drug-likeness (QED) is 0.262. The molecule has 1 aliphatic carbocycles. The van der Waals surface area contributed by atoms with Gasteiger partial charge in [0.15, 0.2) is 4.90 Å². The SMILES string of the molecule is O=S(=O)(Nc1cccc(-c2nc(C3CCC3)sc2-c2ccnc(Cl)n2)c1Cl)c1c(F)cccc1F. The molecule has 0 bridgehead atoms. The molecular formula is C23H16Cl2F2N4O2S2. The molecule has 180 valence electrons. The van der Waals surface area contributed by atoms with Crippen molar-refractivity contribution in [1.29, 1.82) is 0 Å². The molecule has 2 aromatic carbocycles. The Kier molecular flexibility index (Phi) is 6.47. The summed E-state index contributed by atoms with van der Waals surface area (Å²) in [4.78, 5) is 12.7. The molecule has 0 spiro atoms. The van der Waals surface area contributed by atoms with Gasteiger partial charge in [-0.2, -0.15) is 0 Å². The molecule has 2 heterocycles. The predicted molar refractivity (Wildman–Crippen MR) is 132 cm³/mol. The first kappa shape index (κ1) is 24.1. The van der Waals surface area contributed by atoms with Gasteiger partial charge in [0.05, 0.1) is 32.0 Å². The molecule has 6 nitrogen and oxygen atoms in total. The fourth-order valence-electron chi connectivity index (χ4n) is 3.71. The van der Waals surface area contributed by atoms with Crippen molar-refractivity contribution in [3.63, 3.8) is 0 Å². The van der Waals surface area contributed by atoms with Gasteiger partial charge in [-0.15, -0.1) is 11.3 Å². The van der Waals surface area contributed by atoms with E-state index >= 15 is 0 Å². The average molecular weight is 553 g/mol. The van der Waals surface area contributed by atoms with Gasteiger partial charge in [0.1, 0.15) is 11.6 Å². The van der Waals surface area contributed by atoms with Gasteiger partial charge < -0.3 is 0 Å². The number of halogens is 4. The fourth-order valence-corrected chi connectivity index (χ4v) is 6.61. The van der Waals surface area contributed by atoms with E-state index in [4.69, 9.17) is 28.2 Å². The number of sulfonamides is 1. The number of aromatic nitrogens is 3. The molecular weight excluding hydrogens is 537 g/mol. The van der Waals surface area contributed by atoms with Crippen LogP contribution in [0.1, 0.15) is 30.2 Å². The first-order valence-corrected chi connectivity index (χ1v) is 13.6. The second-order valence-electron chi connectivity index (χ2n) is 7.89. The zero-order valence-electron chi connectivity index (χ0n) is 17.8. The lowest BCUT2D eigenvalue weighted by molar-refractivity contribution is 0.418. The zero-order valence-corrected chi connectivity index (χ0v) is 20.9. The topological polar surface area (TPSA) is 84.8 Å². The number of benzene rings is 2. The predicted octanol–water partition coefficient (Wildman–Crippen LogP) is 6.92. The fraction of sp³-hybridized carbons (Fsp3) is 0.174. The van der Waals surface area contributed by atoms with Crippen LogP contribution in [0.3, 0.4) is 0 Å². The second-order valence-corrected chi connectivity index (χ2v) is 11.3. The zero-order chi connectivity index (χ0) is 24.7. The Bertz CT molecular complexity index is 1520. The summed E-state index contributed by atoms with van der Waals surface area (Å²) in [7, 11) is -4.61. The third-order valence-corrected chi connectivity index (χ3v) is 8.89. The number of hydrogen-bond acceptors (Lipinski definition) is 6. The second kappa shape index (κ2) is 9.42. The molecule has 1 N–H and O–H groups in total. The Hall–Kier alpha value is -2.66. The van der Waals surface area contributed by atoms with E-state index in [1.807, 2.05) is 0 Å². The Morgan fingerprint density at radius 2 is 1.71 bits per heavy atom. The van der Waals surface area contributed by atoms with Crippen LogP contribution in [0.15, 0.2) is 53.6 Å². The van der Waals surface area contributed by atoms with Crippen LogP contribution in [0.2, 0.25) is 10.3 Å². The molecule has 12 heteroatoms. The van der Waals surface area contributed by atoms with Crippen LogP contribution in [0.25, 0.3) is 21.8 Å². The summed E-state index contributed by atoms with van der Waals surface area (Å²) in [6, 6.07) is 9.20. The molecule has 0 saturated heterocycles. The average Bonchev–Trinajstić information content (AvgIpc) is 3.18. The van der Waals surface area contributed by atoms with E-state index in [1.54, 1.807) is 18.2 Å². The van der Waals surface area contributed by atoms with Gasteiger partial charge in [0.25, 0.3) is 10.0 Å². The van der Waals surface area contributed by atoms with Crippen LogP contribution < -0.4 is 4.72 Å². The van der Waals surface area contributed by atoms with Crippen molar-refractivity contribution in [2.75, 3.05) is 4.72 Å². The molecule has 4 aromatic rings. The lowest BCUT2D eigenvalue weighted by Gasteiger charge is -2.22. The third-order valence-electron chi connectivity index (χ3n) is 5.64. The Morgan fingerprint density at radius 1 is 1.00 bits per heavy atom. The Morgan fingerprint density at radius 3 is 2.37 bits per heavy atom. The van der Waals surface area contributed by atoms with Crippen LogP contribution in [-0.4, -0.2) is 23.4 Å². The lowest BCUT2D eigenvalue weighted by atomic mass is 9.86. The van der Waals surface area contributed by atoms with Gasteiger partial charge in [0, 0.05) is 17.7 Å². The van der Waals surface area contributed by atoms with Crippen molar-refractivity contribution in [2.45, 2.75) is 30.1 Å². The molecule has 0 aliphatic heterocycles. The highest BCUT2D eigenvalue weighted by molar-refractivity contribution is 7.92. The van der Waals surface area contributed by atoms with Gasteiger partial charge >= 0.3 is 0 Å². The molecule has 2 aromatic heterocycles. The summed E-state index contributed by atoms with van der Waals surface area (Å²) in [5, 5.41) is 1.03. The summed E-state index contributed by atoms with van der Waals surface area (Å²) in [6.07, 6.45) is 4.71. The lowest BCUT2D eigenvalue weighted by Crippen LogP contribution is -2.16. The standard InChI is InChI=1S/C23H16Cl2F2N4O2S2/c24-18-13(6-2-9-16(18)31-35(32,33)21-14(26)7-3-8-15(21)27)19-20(17-10-11-28-23(25)29-17)34-22(30-19)12-4-1-5-12/h2-3,6-12,31H,1,4-5H2. The number of nitrogens with one attached hydrogen (secondary N) is 1. The van der Waals surface area contributed by atoms with E-state index in [9.17, 15) is 17.2 Å². The van der Waals surface area contributed by atoms with Gasteiger partial charge in [-0.25, -0.2) is 32.2 Å². The highest BCUT2D eigenvalue weighted by Crippen LogP contribution is 2.46. The molecule has 0 amide bonds. The van der Waals surface area contributed by atoms with Crippen LogP contribution >= 0.6 is 34.5 Å². The molecule has 35 heavy (non-hydrogen) atoms. The third kappa shape index (κ3) is 4.63. The summed E-state index contributed by atoms with van der Waals surface area (Å²) < 4.78 is 56.2. The normalized spacial score (nSPS) is 14.1. The van der Waals surface area contributed by atoms with Crippen LogP contribution in [0, 0.1) is 11.6 Å². The molecule has 1 aliphatic rings. The molecule has 0 radical (unpaired) electrons. The van der Waals surface area contributed by atoms with Crippen LogP contribution in [-0.2, 0) is 10.0 Å². The van der Waals surface area contributed by atoms with Crippen LogP contribution in [0.5, 0.6) is 0 Å². The first-order valence-electron chi connectivity index (χ1n) is 10.5. The minimum absolute atomic E-state index is 0.0275. The van der Waals surface area contributed by atoms with E-state index < -0.39 is 26.6 Å². The summed E-state index contributed by atoms with van der Waals surface area (Å²) >= 11 is 14.1. The van der Waals surface area contributed by atoms with Gasteiger partial charge in [-0.1, -0.05) is 36.2 Å². The summed E-state index contributed by atoms with van der Waals surface area (Å²) in [5.41, 5.74) is 1.46. The molecule has 1 saturated carbocycles. The van der Waals surface area contributed by atoms with E-state index in [0.29, 0.717) is 27.7 Å². The summed E-state index contributed by atoms with van der Waals surface area (Å²) in [5.74, 6) is -2.09. The van der Waals surface area contributed by atoms with Crippen molar-refractivity contribution in [3.8, 4) is 21.8 Å². The number of anilines is 1. The molecule has 1 fully saturated rings. The van der Waals surface area contributed by atoms with Crippen LogP contribution in [0.4, 0.5) is 14.5 Å². The van der Waals surface area contributed by atoms with Crippen molar-refractivity contribution < 1.29 is 17.2 Å². The van der Waals surface area contributed by atoms with E-state index in [2.05, 4.69) is 14.7 Å². The number of hydrogen-bond donors (Lipinski definition) is 1. The van der Waals surface area contributed by atoms with Crippen molar-refractivity contribution in [3.05, 3.63) is 75.6 Å². The first-order chi connectivity index (χ1) is 16.7. The monoisotopic (exact) mass is 552 g/mol. The highest BCUT2D eigenvalue weighted by Gasteiger charge is 2.29. The number of rotatable bonds is 6. The smallest absolute Gasteiger partial charge is 0.267 e. The van der Waals surface area contributed by atoms with E-state index in [1.165, 1.54) is 23.6 Å². The Balaban J connectivity index is 1.60. The number of nitrogens with zero attached hydrogens (tertiary/aromatic N) is 3. The molecule has 0 unspecified atom stereocenters. The van der Waals surface area contributed by atoms with E-state index in [0.717, 1.165) is 42.5 Å². The van der Waals surface area contributed by atoms with E-state index in [-0.39, 0.29) is 16.0 Å². The number of thiazole rings is 1. The molecule has 5 rings (SSSR count).